The molecule has 0 aliphatic carbocycles. The first-order valence-corrected chi connectivity index (χ1v) is 9.41. The molecule has 0 atom stereocenters. The van der Waals surface area contributed by atoms with Gasteiger partial charge in [0.15, 0.2) is 5.16 Å². The summed E-state index contributed by atoms with van der Waals surface area (Å²) in [6.07, 6.45) is -2.73. The second kappa shape index (κ2) is 7.63. The van der Waals surface area contributed by atoms with Crippen LogP contribution < -0.4 is 5.84 Å². The van der Waals surface area contributed by atoms with Gasteiger partial charge in [-0.05, 0) is 12.1 Å². The van der Waals surface area contributed by atoms with Gasteiger partial charge in [-0.25, -0.2) is 9.66 Å². The minimum absolute atomic E-state index is 0.0905. The number of aromatic nitrogens is 4. The van der Waals surface area contributed by atoms with Crippen molar-refractivity contribution in [1.82, 2.24) is 19.8 Å². The van der Waals surface area contributed by atoms with Gasteiger partial charge in [0.1, 0.15) is 0 Å². The minimum atomic E-state index is -4.44. The Balaban J connectivity index is 1.48. The monoisotopic (exact) mass is 417 g/mol. The molecule has 2 heterocycles. The van der Waals surface area contributed by atoms with Crippen LogP contribution in [0.2, 0.25) is 0 Å². The lowest BCUT2D eigenvalue weighted by Gasteiger charge is -2.06. The first kappa shape index (κ1) is 19.1. The summed E-state index contributed by atoms with van der Waals surface area (Å²) in [5.74, 6) is 6.58. The number of hydrogen-bond donors (Lipinski definition) is 1. The molecule has 6 nitrogen and oxygen atoms in total. The molecule has 29 heavy (non-hydrogen) atoms. The number of nitrogens with two attached hydrogens (primary N) is 1. The highest BCUT2D eigenvalue weighted by Crippen LogP contribution is 2.32. The van der Waals surface area contributed by atoms with E-state index in [1.165, 1.54) is 28.6 Å². The van der Waals surface area contributed by atoms with Gasteiger partial charge in [0.05, 0.1) is 23.2 Å². The summed E-state index contributed by atoms with van der Waals surface area (Å²) >= 11 is 1.28. The maximum Gasteiger partial charge on any atom is 0.416 e. The van der Waals surface area contributed by atoms with E-state index in [1.807, 2.05) is 30.3 Å². The SMILES string of the molecule is Nn1cc(-c2ccccc2)nc1SCc1nc(-c2cccc(C(F)(F)F)c2)no1. The molecule has 2 aromatic heterocycles. The molecule has 0 radical (unpaired) electrons. The summed E-state index contributed by atoms with van der Waals surface area (Å²) in [4.78, 5) is 8.65. The Morgan fingerprint density at radius 2 is 1.76 bits per heavy atom. The number of imidazole rings is 1. The standard InChI is InChI=1S/C19H14F3N5OS/c20-19(21,22)14-8-4-7-13(9-14)17-25-16(28-26-17)11-29-18-24-15(10-27(18)23)12-5-2-1-3-6-12/h1-10H,11,23H2. The summed E-state index contributed by atoms with van der Waals surface area (Å²) in [5.41, 5.74) is 1.12. The van der Waals surface area contributed by atoms with E-state index in [9.17, 15) is 13.2 Å². The van der Waals surface area contributed by atoms with E-state index in [4.69, 9.17) is 10.4 Å². The van der Waals surface area contributed by atoms with Crippen LogP contribution in [0.3, 0.4) is 0 Å². The second-order valence-electron chi connectivity index (χ2n) is 6.06. The van der Waals surface area contributed by atoms with Gasteiger partial charge in [-0.2, -0.15) is 18.2 Å². The average Bonchev–Trinajstić information content (AvgIpc) is 3.33. The summed E-state index contributed by atoms with van der Waals surface area (Å²) in [6, 6.07) is 14.4. The third-order valence-corrected chi connectivity index (χ3v) is 4.96. The van der Waals surface area contributed by atoms with Crippen molar-refractivity contribution in [2.75, 3.05) is 5.84 Å². The van der Waals surface area contributed by atoms with Crippen molar-refractivity contribution < 1.29 is 17.7 Å². The number of benzene rings is 2. The smallest absolute Gasteiger partial charge is 0.338 e. The zero-order valence-electron chi connectivity index (χ0n) is 14.8. The predicted octanol–water partition coefficient (Wildman–Crippen LogP) is 4.63. The fourth-order valence-electron chi connectivity index (χ4n) is 2.62. The molecule has 2 N–H and O–H groups in total. The van der Waals surface area contributed by atoms with E-state index in [2.05, 4.69) is 15.1 Å². The van der Waals surface area contributed by atoms with E-state index in [0.29, 0.717) is 5.16 Å². The molecular formula is C19H14F3N5OS. The third-order valence-electron chi connectivity index (χ3n) is 4.01. The summed E-state index contributed by atoms with van der Waals surface area (Å²) in [7, 11) is 0. The van der Waals surface area contributed by atoms with Crippen molar-refractivity contribution >= 4 is 11.8 Å². The number of nitrogen functional groups attached to an aromatic ring is 1. The van der Waals surface area contributed by atoms with Crippen molar-refractivity contribution in [2.45, 2.75) is 17.1 Å². The van der Waals surface area contributed by atoms with Crippen LogP contribution in [-0.2, 0) is 11.9 Å². The zero-order valence-corrected chi connectivity index (χ0v) is 15.6. The summed E-state index contributed by atoms with van der Waals surface area (Å²) < 4.78 is 45.2. The van der Waals surface area contributed by atoms with Crippen LogP contribution >= 0.6 is 11.8 Å². The first-order chi connectivity index (χ1) is 13.9. The van der Waals surface area contributed by atoms with Crippen molar-refractivity contribution in [2.24, 2.45) is 0 Å². The molecule has 0 bridgehead atoms. The first-order valence-electron chi connectivity index (χ1n) is 8.43. The molecule has 0 amide bonds. The Hall–Kier alpha value is -3.27. The number of hydrogen-bond acceptors (Lipinski definition) is 6. The maximum absolute atomic E-state index is 12.9. The third kappa shape index (κ3) is 4.27. The Morgan fingerprint density at radius 1 is 1.00 bits per heavy atom. The Kier molecular flexibility index (Phi) is 5.01. The molecule has 0 saturated heterocycles. The van der Waals surface area contributed by atoms with Gasteiger partial charge in [-0.1, -0.05) is 59.4 Å². The van der Waals surface area contributed by atoms with Gasteiger partial charge in [-0.15, -0.1) is 0 Å². The highest BCUT2D eigenvalue weighted by atomic mass is 32.2. The van der Waals surface area contributed by atoms with Gasteiger partial charge in [0.25, 0.3) is 0 Å². The molecule has 148 valence electrons. The zero-order chi connectivity index (χ0) is 20.4. The molecule has 10 heteroatoms. The lowest BCUT2D eigenvalue weighted by molar-refractivity contribution is -0.137. The lowest BCUT2D eigenvalue weighted by atomic mass is 10.1. The van der Waals surface area contributed by atoms with Crippen molar-refractivity contribution in [3.8, 4) is 22.6 Å². The normalized spacial score (nSPS) is 11.7. The van der Waals surface area contributed by atoms with Gasteiger partial charge >= 0.3 is 6.18 Å². The van der Waals surface area contributed by atoms with Crippen LogP contribution in [0.1, 0.15) is 11.5 Å². The molecule has 2 aromatic carbocycles. The van der Waals surface area contributed by atoms with E-state index >= 15 is 0 Å². The molecule has 0 saturated carbocycles. The van der Waals surface area contributed by atoms with Crippen LogP contribution in [0, 0.1) is 0 Å². The van der Waals surface area contributed by atoms with Crippen molar-refractivity contribution in [3.63, 3.8) is 0 Å². The molecule has 0 aliphatic heterocycles. The quantitative estimate of drug-likeness (QED) is 0.377. The average molecular weight is 417 g/mol. The molecule has 0 fully saturated rings. The molecule has 4 rings (SSSR count). The van der Waals surface area contributed by atoms with Crippen LogP contribution in [0.5, 0.6) is 0 Å². The summed E-state index contributed by atoms with van der Waals surface area (Å²) in [5, 5.41) is 4.32. The fourth-order valence-corrected chi connectivity index (χ4v) is 3.36. The second-order valence-corrected chi connectivity index (χ2v) is 7.00. The van der Waals surface area contributed by atoms with E-state index in [0.717, 1.165) is 23.4 Å². The number of rotatable bonds is 5. The van der Waals surface area contributed by atoms with Gasteiger partial charge in [0, 0.05) is 11.1 Å². The summed E-state index contributed by atoms with van der Waals surface area (Å²) in [6.45, 7) is 0. The van der Waals surface area contributed by atoms with E-state index in [1.54, 1.807) is 6.20 Å². The van der Waals surface area contributed by atoms with Crippen molar-refractivity contribution in [1.29, 1.82) is 0 Å². The Labute approximate surface area is 167 Å². The molecule has 0 unspecified atom stereocenters. The fraction of sp³-hybridized carbons (Fsp3) is 0.105. The molecule has 0 aliphatic rings. The molecule has 0 spiro atoms. The number of halogens is 3. The van der Waals surface area contributed by atoms with Gasteiger partial charge in [-0.3, -0.25) is 0 Å². The number of alkyl halides is 3. The highest BCUT2D eigenvalue weighted by molar-refractivity contribution is 7.98. The molecular weight excluding hydrogens is 403 g/mol. The highest BCUT2D eigenvalue weighted by Gasteiger charge is 2.30. The predicted molar refractivity (Wildman–Crippen MR) is 102 cm³/mol. The lowest BCUT2D eigenvalue weighted by Crippen LogP contribution is -2.07. The van der Waals surface area contributed by atoms with Crippen LogP contribution in [0.4, 0.5) is 13.2 Å². The topological polar surface area (TPSA) is 82.8 Å². The van der Waals surface area contributed by atoms with Crippen molar-refractivity contribution in [3.05, 3.63) is 72.2 Å². The number of nitrogens with zero attached hydrogens (tertiary/aromatic N) is 4. The van der Waals surface area contributed by atoms with E-state index < -0.39 is 11.7 Å². The molecule has 4 aromatic rings. The van der Waals surface area contributed by atoms with Crippen LogP contribution in [0.15, 0.2) is 70.5 Å². The van der Waals surface area contributed by atoms with Crippen LogP contribution in [0.25, 0.3) is 22.6 Å². The Bertz CT molecular complexity index is 1120. The van der Waals surface area contributed by atoms with Gasteiger partial charge in [0.2, 0.25) is 11.7 Å². The number of thioether (sulfide) groups is 1. The van der Waals surface area contributed by atoms with Crippen LogP contribution in [-0.4, -0.2) is 19.8 Å². The van der Waals surface area contributed by atoms with Gasteiger partial charge < -0.3 is 10.4 Å². The Morgan fingerprint density at radius 3 is 2.52 bits per heavy atom. The largest absolute Gasteiger partial charge is 0.416 e. The van der Waals surface area contributed by atoms with E-state index in [-0.39, 0.29) is 23.0 Å². The minimum Gasteiger partial charge on any atom is -0.338 e. The maximum atomic E-state index is 12.9.